The van der Waals surface area contributed by atoms with Gasteiger partial charge in [-0.15, -0.1) is 0 Å². The van der Waals surface area contributed by atoms with Gasteiger partial charge in [0.25, 0.3) is 11.1 Å². The van der Waals surface area contributed by atoms with Gasteiger partial charge in [0, 0.05) is 18.2 Å². The summed E-state index contributed by atoms with van der Waals surface area (Å²) in [5.74, 6) is -0.358. The molecule has 1 aromatic heterocycles. The number of rotatable bonds is 6. The second kappa shape index (κ2) is 8.17. The number of para-hydroxylation sites is 1. The van der Waals surface area contributed by atoms with Crippen LogP contribution in [0.25, 0.3) is 0 Å². The Morgan fingerprint density at radius 2 is 1.90 bits per heavy atom. The van der Waals surface area contributed by atoms with Crippen molar-refractivity contribution in [2.24, 2.45) is 5.92 Å². The number of hydrogen-bond donors (Lipinski definition) is 4. The molecule has 1 saturated heterocycles. The van der Waals surface area contributed by atoms with Crippen molar-refractivity contribution in [3.8, 4) is 5.75 Å². The quantitative estimate of drug-likeness (QED) is 0.469. The fourth-order valence-electron chi connectivity index (χ4n) is 3.33. The van der Waals surface area contributed by atoms with E-state index in [9.17, 15) is 29.5 Å². The van der Waals surface area contributed by atoms with E-state index in [4.69, 9.17) is 9.26 Å². The summed E-state index contributed by atoms with van der Waals surface area (Å²) in [6.07, 6.45) is -3.96. The number of nitrogens with one attached hydrogen (secondary N) is 1. The summed E-state index contributed by atoms with van der Waals surface area (Å²) in [5, 5.41) is 21.2. The molecular formula is C18H21N2O8P. The van der Waals surface area contributed by atoms with Gasteiger partial charge in [-0.2, -0.15) is 0 Å². The molecule has 3 rings (SSSR count). The van der Waals surface area contributed by atoms with Crippen molar-refractivity contribution < 1.29 is 29.2 Å². The zero-order valence-electron chi connectivity index (χ0n) is 15.6. The Morgan fingerprint density at radius 3 is 2.48 bits per heavy atom. The van der Waals surface area contributed by atoms with Crippen LogP contribution in [0.1, 0.15) is 13.8 Å². The van der Waals surface area contributed by atoms with Gasteiger partial charge in [0.2, 0.25) is 0 Å². The SMILES string of the molecule is CC(C)[C@@]1(n2ccc(=O)[nH]c2=O)O[C@H](C(=O)P(O)Oc2ccccc2)[C@@H](O)[C@H]1O. The molecule has 0 radical (unpaired) electrons. The first-order valence-electron chi connectivity index (χ1n) is 8.80. The van der Waals surface area contributed by atoms with Crippen molar-refractivity contribution in [3.05, 3.63) is 63.4 Å². The van der Waals surface area contributed by atoms with Crippen molar-refractivity contribution in [1.29, 1.82) is 0 Å². The molecule has 0 saturated carbocycles. The van der Waals surface area contributed by atoms with E-state index in [2.05, 4.69) is 4.98 Å². The second-order valence-corrected chi connectivity index (χ2v) is 8.05. The molecule has 2 aromatic rings. The molecule has 4 N–H and O–H groups in total. The number of hydrogen-bond acceptors (Lipinski definition) is 8. The van der Waals surface area contributed by atoms with Gasteiger partial charge in [-0.1, -0.05) is 32.0 Å². The van der Waals surface area contributed by atoms with Gasteiger partial charge >= 0.3 is 14.1 Å². The molecular weight excluding hydrogens is 403 g/mol. The molecule has 11 heteroatoms. The van der Waals surface area contributed by atoms with E-state index in [0.29, 0.717) is 0 Å². The Kier molecular flexibility index (Phi) is 6.02. The number of aromatic nitrogens is 2. The first-order chi connectivity index (χ1) is 13.7. The lowest BCUT2D eigenvalue weighted by Crippen LogP contribution is -2.54. The molecule has 1 unspecified atom stereocenters. The maximum Gasteiger partial charge on any atom is 0.330 e. The average molecular weight is 424 g/mol. The summed E-state index contributed by atoms with van der Waals surface area (Å²) in [7, 11) is -2.70. The Bertz CT molecular complexity index is 991. The third kappa shape index (κ3) is 3.77. The number of carbonyl (C=O) groups excluding carboxylic acids is 1. The largest absolute Gasteiger partial charge is 0.442 e. The van der Waals surface area contributed by atoms with Crippen LogP contribution < -0.4 is 15.8 Å². The lowest BCUT2D eigenvalue weighted by atomic mass is 9.91. The first-order valence-corrected chi connectivity index (χ1v) is 10.0. The molecule has 0 amide bonds. The van der Waals surface area contributed by atoms with Crippen LogP contribution in [0.4, 0.5) is 0 Å². The third-order valence-corrected chi connectivity index (χ3v) is 5.78. The fourth-order valence-corrected chi connectivity index (χ4v) is 4.17. The van der Waals surface area contributed by atoms with Gasteiger partial charge in [-0.05, 0) is 12.1 Å². The summed E-state index contributed by atoms with van der Waals surface area (Å²) in [5.41, 5.74) is -4.34. The molecule has 156 valence electrons. The van der Waals surface area contributed by atoms with Crippen LogP contribution in [0.15, 0.2) is 52.2 Å². The molecule has 0 aliphatic carbocycles. The van der Waals surface area contributed by atoms with Crippen molar-refractivity contribution in [3.63, 3.8) is 0 Å². The van der Waals surface area contributed by atoms with E-state index in [1.54, 1.807) is 32.0 Å². The molecule has 0 bridgehead atoms. The van der Waals surface area contributed by atoms with Crippen molar-refractivity contribution in [2.45, 2.75) is 37.9 Å². The molecule has 1 aromatic carbocycles. The molecule has 29 heavy (non-hydrogen) atoms. The second-order valence-electron chi connectivity index (χ2n) is 6.88. The highest BCUT2D eigenvalue weighted by molar-refractivity contribution is 7.65. The van der Waals surface area contributed by atoms with E-state index in [0.717, 1.165) is 16.8 Å². The summed E-state index contributed by atoms with van der Waals surface area (Å²) in [6, 6.07) is 9.17. The fraction of sp³-hybridized carbons (Fsp3) is 0.389. The van der Waals surface area contributed by atoms with Crippen molar-refractivity contribution in [1.82, 2.24) is 9.55 Å². The monoisotopic (exact) mass is 424 g/mol. The first kappa shape index (κ1) is 21.4. The van der Waals surface area contributed by atoms with Gasteiger partial charge in [-0.25, -0.2) is 4.79 Å². The van der Waals surface area contributed by atoms with Crippen LogP contribution >= 0.6 is 8.38 Å². The standard InChI is InChI=1S/C18H21N2O8P/c1-10(2)18(20-9-8-12(21)19-17(20)25)15(23)13(22)14(27-18)16(24)29(26)28-11-6-4-3-5-7-11/h3-10,13-15,22-23,26H,1-2H3,(H,19,21,25)/t13-,14+,15-,18-,29?/m1/s1. The highest BCUT2D eigenvalue weighted by atomic mass is 31.2. The van der Waals surface area contributed by atoms with Crippen LogP contribution in [0.3, 0.4) is 0 Å². The van der Waals surface area contributed by atoms with Gasteiger partial charge in [-0.3, -0.25) is 19.1 Å². The average Bonchev–Trinajstić information content (AvgIpc) is 2.94. The minimum absolute atomic E-state index is 0.245. The predicted molar refractivity (Wildman–Crippen MR) is 102 cm³/mol. The summed E-state index contributed by atoms with van der Waals surface area (Å²) < 4.78 is 11.9. The Balaban J connectivity index is 1.94. The molecule has 1 aliphatic rings. The minimum atomic E-state index is -2.70. The number of ether oxygens (including phenoxy) is 1. The summed E-state index contributed by atoms with van der Waals surface area (Å²) in [6.45, 7) is 3.23. The van der Waals surface area contributed by atoms with Crippen LogP contribution in [0.2, 0.25) is 0 Å². The van der Waals surface area contributed by atoms with E-state index >= 15 is 0 Å². The normalized spacial score (nSPS) is 27.7. The van der Waals surface area contributed by atoms with Crippen molar-refractivity contribution >= 4 is 13.9 Å². The zero-order chi connectivity index (χ0) is 21.3. The van der Waals surface area contributed by atoms with Crippen LogP contribution in [-0.2, 0) is 15.3 Å². The highest BCUT2D eigenvalue weighted by Crippen LogP contribution is 2.45. The molecule has 5 atom stereocenters. The Morgan fingerprint density at radius 1 is 1.24 bits per heavy atom. The number of aromatic amines is 1. The van der Waals surface area contributed by atoms with Gasteiger partial charge < -0.3 is 24.4 Å². The minimum Gasteiger partial charge on any atom is -0.442 e. The van der Waals surface area contributed by atoms with Crippen molar-refractivity contribution in [2.75, 3.05) is 0 Å². The van der Waals surface area contributed by atoms with Gasteiger partial charge in [0.05, 0.1) is 0 Å². The van der Waals surface area contributed by atoms with E-state index < -0.39 is 55.1 Å². The zero-order valence-corrected chi connectivity index (χ0v) is 16.5. The number of aliphatic hydroxyl groups is 2. The molecule has 0 spiro atoms. The molecule has 1 aliphatic heterocycles. The maximum atomic E-state index is 12.7. The van der Waals surface area contributed by atoms with Crippen LogP contribution in [-0.4, -0.2) is 48.5 Å². The van der Waals surface area contributed by atoms with Gasteiger partial charge in [0.15, 0.2) is 11.8 Å². The van der Waals surface area contributed by atoms with E-state index in [-0.39, 0.29) is 5.75 Å². The lowest BCUT2D eigenvalue weighted by Gasteiger charge is -2.37. The Hall–Kier alpha value is -2.36. The number of benzene rings is 1. The summed E-state index contributed by atoms with van der Waals surface area (Å²) >= 11 is 0. The Labute approximate surface area is 166 Å². The molecule has 1 fully saturated rings. The summed E-state index contributed by atoms with van der Waals surface area (Å²) in [4.78, 5) is 48.7. The number of H-pyrrole nitrogens is 1. The van der Waals surface area contributed by atoms with E-state index in [1.165, 1.54) is 12.1 Å². The number of aliphatic hydroxyl groups excluding tert-OH is 2. The topological polar surface area (TPSA) is 151 Å². The molecule has 10 nitrogen and oxygen atoms in total. The van der Waals surface area contributed by atoms with Gasteiger partial charge in [0.1, 0.15) is 18.0 Å². The van der Waals surface area contributed by atoms with E-state index in [1.807, 2.05) is 0 Å². The van der Waals surface area contributed by atoms with Crippen LogP contribution in [0, 0.1) is 5.92 Å². The number of nitrogens with zero attached hydrogens (tertiary/aromatic N) is 1. The lowest BCUT2D eigenvalue weighted by molar-refractivity contribution is -0.175. The smallest absolute Gasteiger partial charge is 0.330 e. The number of carbonyl (C=O) groups is 1. The van der Waals surface area contributed by atoms with Crippen LogP contribution in [0.5, 0.6) is 5.75 Å². The molecule has 2 heterocycles. The maximum absolute atomic E-state index is 12.7. The highest BCUT2D eigenvalue weighted by Gasteiger charge is 2.60. The predicted octanol–water partition coefficient (Wildman–Crippen LogP) is -0.124. The third-order valence-electron chi connectivity index (χ3n) is 4.77.